The van der Waals surface area contributed by atoms with Crippen LogP contribution in [0.2, 0.25) is 0 Å². The lowest BCUT2D eigenvalue weighted by Gasteiger charge is -2.22. The van der Waals surface area contributed by atoms with E-state index < -0.39 is 10.0 Å². The van der Waals surface area contributed by atoms with Gasteiger partial charge in [-0.1, -0.05) is 0 Å². The second kappa shape index (κ2) is 5.42. The van der Waals surface area contributed by atoms with Crippen LogP contribution in [0.4, 0.5) is 11.4 Å². The van der Waals surface area contributed by atoms with Crippen LogP contribution >= 0.6 is 0 Å². The summed E-state index contributed by atoms with van der Waals surface area (Å²) in [7, 11) is -1.97. The Morgan fingerprint density at radius 2 is 1.90 bits per heavy atom. The molecule has 0 fully saturated rings. The van der Waals surface area contributed by atoms with Crippen molar-refractivity contribution in [2.24, 2.45) is 5.14 Å². The number of anilines is 2. The number of nitrogens with zero attached hydrogens (tertiary/aromatic N) is 1. The molecular weight excluding hydrogens is 290 g/mol. The van der Waals surface area contributed by atoms with Crippen LogP contribution in [0, 0.1) is 13.8 Å². The van der Waals surface area contributed by atoms with Crippen molar-refractivity contribution in [3.8, 4) is 0 Å². The molecule has 0 saturated heterocycles. The number of hydrogen-bond acceptors (Lipinski definition) is 5. The molecule has 0 aliphatic heterocycles. The van der Waals surface area contributed by atoms with Gasteiger partial charge in [0.05, 0.1) is 11.4 Å². The maximum absolute atomic E-state index is 11.6. The van der Waals surface area contributed by atoms with Crippen molar-refractivity contribution >= 4 is 21.4 Å². The highest BCUT2D eigenvalue weighted by Gasteiger charge is 2.18. The average molecular weight is 309 g/mol. The van der Waals surface area contributed by atoms with Crippen LogP contribution in [-0.2, 0) is 16.6 Å². The highest BCUT2D eigenvalue weighted by atomic mass is 32.2. The summed E-state index contributed by atoms with van der Waals surface area (Å²) in [4.78, 5) is 1.92. The second-order valence-electron chi connectivity index (χ2n) is 5.08. The Balaban J connectivity index is 2.41. The monoisotopic (exact) mass is 309 g/mol. The van der Waals surface area contributed by atoms with Gasteiger partial charge < -0.3 is 15.1 Å². The van der Waals surface area contributed by atoms with Gasteiger partial charge in [-0.3, -0.25) is 0 Å². The lowest BCUT2D eigenvalue weighted by molar-refractivity contribution is 0.481. The highest BCUT2D eigenvalue weighted by Crippen LogP contribution is 2.29. The maximum atomic E-state index is 11.6. The number of sulfonamides is 1. The summed E-state index contributed by atoms with van der Waals surface area (Å²) in [6.07, 6.45) is 0. The molecule has 2 rings (SSSR count). The number of aryl methyl sites for hydroxylation is 1. The second-order valence-corrected chi connectivity index (χ2v) is 6.61. The average Bonchev–Trinajstić information content (AvgIpc) is 2.75. The van der Waals surface area contributed by atoms with Gasteiger partial charge in [-0.05, 0) is 43.7 Å². The SMILES string of the molecule is Cc1ccc(CN(C)c2cc(N)cc(S(N)(=O)=O)c2C)o1. The maximum Gasteiger partial charge on any atom is 0.238 e. The van der Waals surface area contributed by atoms with Gasteiger partial charge in [0.25, 0.3) is 0 Å². The van der Waals surface area contributed by atoms with Crippen LogP contribution in [0.1, 0.15) is 17.1 Å². The van der Waals surface area contributed by atoms with Crippen molar-refractivity contribution in [2.45, 2.75) is 25.3 Å². The molecule has 4 N–H and O–H groups in total. The van der Waals surface area contributed by atoms with Crippen LogP contribution in [0.3, 0.4) is 0 Å². The minimum absolute atomic E-state index is 0.0416. The Bertz CT molecular complexity index is 766. The van der Waals surface area contributed by atoms with Crippen LogP contribution in [0.5, 0.6) is 0 Å². The van der Waals surface area contributed by atoms with E-state index in [0.717, 1.165) is 11.5 Å². The standard InChI is InChI=1S/C14H19N3O3S/c1-9-4-5-12(20-9)8-17(3)13-6-11(15)7-14(10(13)2)21(16,18)19/h4-7H,8,15H2,1-3H3,(H2,16,18,19). The zero-order valence-electron chi connectivity index (χ0n) is 12.3. The predicted molar refractivity (Wildman–Crippen MR) is 82.5 cm³/mol. The molecule has 2 aromatic rings. The van der Waals surface area contributed by atoms with E-state index >= 15 is 0 Å². The molecule has 1 heterocycles. The summed E-state index contributed by atoms with van der Waals surface area (Å²) in [5.41, 5.74) is 7.41. The summed E-state index contributed by atoms with van der Waals surface area (Å²) >= 11 is 0. The number of nitrogen functional groups attached to an aromatic ring is 1. The first-order valence-electron chi connectivity index (χ1n) is 6.38. The molecule has 1 aromatic carbocycles. The number of hydrogen-bond donors (Lipinski definition) is 2. The van der Waals surface area contributed by atoms with E-state index in [4.69, 9.17) is 15.3 Å². The Labute approximate surface area is 124 Å². The van der Waals surface area contributed by atoms with E-state index in [1.165, 1.54) is 6.07 Å². The Morgan fingerprint density at radius 3 is 2.43 bits per heavy atom. The normalized spacial score (nSPS) is 11.6. The lowest BCUT2D eigenvalue weighted by Crippen LogP contribution is -2.20. The molecule has 0 aliphatic carbocycles. The fraction of sp³-hybridized carbons (Fsp3) is 0.286. The Kier molecular flexibility index (Phi) is 3.97. The van der Waals surface area contributed by atoms with Gasteiger partial charge in [-0.25, -0.2) is 13.6 Å². The largest absolute Gasteiger partial charge is 0.464 e. The van der Waals surface area contributed by atoms with Crippen LogP contribution in [0.25, 0.3) is 0 Å². The smallest absolute Gasteiger partial charge is 0.238 e. The summed E-state index contributed by atoms with van der Waals surface area (Å²) in [6.45, 7) is 4.08. The van der Waals surface area contributed by atoms with Crippen molar-refractivity contribution in [3.05, 3.63) is 41.3 Å². The summed E-state index contributed by atoms with van der Waals surface area (Å²) in [5.74, 6) is 1.61. The van der Waals surface area contributed by atoms with E-state index in [0.29, 0.717) is 23.5 Å². The molecule has 0 spiro atoms. The molecule has 7 heteroatoms. The summed E-state index contributed by atoms with van der Waals surface area (Å²) < 4.78 is 28.8. The Morgan fingerprint density at radius 1 is 1.24 bits per heavy atom. The van der Waals surface area contributed by atoms with Gasteiger partial charge in [0.2, 0.25) is 10.0 Å². The lowest BCUT2D eigenvalue weighted by atomic mass is 10.1. The number of rotatable bonds is 4. The van der Waals surface area contributed by atoms with E-state index in [1.54, 1.807) is 13.0 Å². The van der Waals surface area contributed by atoms with E-state index in [-0.39, 0.29) is 4.90 Å². The van der Waals surface area contributed by atoms with Gasteiger partial charge in [0, 0.05) is 18.4 Å². The highest BCUT2D eigenvalue weighted by molar-refractivity contribution is 7.89. The topological polar surface area (TPSA) is 103 Å². The summed E-state index contributed by atoms with van der Waals surface area (Å²) in [5, 5.41) is 5.23. The molecule has 1 aromatic heterocycles. The molecule has 0 unspecified atom stereocenters. The third-order valence-corrected chi connectivity index (χ3v) is 4.30. The zero-order valence-corrected chi connectivity index (χ0v) is 13.1. The van der Waals surface area contributed by atoms with Gasteiger partial charge >= 0.3 is 0 Å². The molecule has 0 saturated carbocycles. The quantitative estimate of drug-likeness (QED) is 0.838. The Hall–Kier alpha value is -1.99. The molecule has 21 heavy (non-hydrogen) atoms. The molecule has 0 bridgehead atoms. The van der Waals surface area contributed by atoms with Crippen molar-refractivity contribution in [3.63, 3.8) is 0 Å². The van der Waals surface area contributed by atoms with E-state index in [1.807, 2.05) is 31.0 Å². The molecule has 0 amide bonds. The fourth-order valence-corrected chi connectivity index (χ4v) is 3.11. The number of benzene rings is 1. The van der Waals surface area contributed by atoms with Crippen molar-refractivity contribution in [1.82, 2.24) is 0 Å². The van der Waals surface area contributed by atoms with Gasteiger partial charge in [0.15, 0.2) is 0 Å². The van der Waals surface area contributed by atoms with Gasteiger partial charge in [-0.2, -0.15) is 0 Å². The number of furan rings is 1. The van der Waals surface area contributed by atoms with Crippen LogP contribution < -0.4 is 15.8 Å². The fourth-order valence-electron chi connectivity index (χ4n) is 2.27. The number of primary sulfonamides is 1. The van der Waals surface area contributed by atoms with E-state index in [2.05, 4.69) is 0 Å². The molecule has 6 nitrogen and oxygen atoms in total. The minimum Gasteiger partial charge on any atom is -0.464 e. The minimum atomic E-state index is -3.81. The van der Waals surface area contributed by atoms with Crippen molar-refractivity contribution < 1.29 is 12.8 Å². The molecule has 0 atom stereocenters. The first kappa shape index (κ1) is 15.4. The zero-order chi connectivity index (χ0) is 15.8. The first-order valence-corrected chi connectivity index (χ1v) is 7.92. The van der Waals surface area contributed by atoms with Crippen molar-refractivity contribution in [1.29, 1.82) is 0 Å². The summed E-state index contributed by atoms with van der Waals surface area (Å²) in [6, 6.07) is 6.86. The third-order valence-electron chi connectivity index (χ3n) is 3.26. The van der Waals surface area contributed by atoms with Gasteiger partial charge in [0.1, 0.15) is 11.5 Å². The van der Waals surface area contributed by atoms with Crippen molar-refractivity contribution in [2.75, 3.05) is 17.7 Å². The predicted octanol–water partition coefficient (Wildman–Crippen LogP) is 1.76. The molecule has 0 aliphatic rings. The van der Waals surface area contributed by atoms with Crippen LogP contribution in [-0.4, -0.2) is 15.5 Å². The first-order chi connectivity index (χ1) is 9.68. The number of nitrogens with two attached hydrogens (primary N) is 2. The van der Waals surface area contributed by atoms with Gasteiger partial charge in [-0.15, -0.1) is 0 Å². The molecule has 0 radical (unpaired) electrons. The van der Waals surface area contributed by atoms with E-state index in [9.17, 15) is 8.42 Å². The molecule has 114 valence electrons. The van der Waals surface area contributed by atoms with Crippen LogP contribution in [0.15, 0.2) is 33.6 Å². The molecular formula is C14H19N3O3S. The third kappa shape index (κ3) is 3.37.